The van der Waals surface area contributed by atoms with Gasteiger partial charge >= 0.3 is 11.6 Å². The van der Waals surface area contributed by atoms with Gasteiger partial charge in [0.05, 0.1) is 12.7 Å². The molecule has 0 aliphatic rings. The fourth-order valence-corrected chi connectivity index (χ4v) is 2.42. The zero-order chi connectivity index (χ0) is 16.2. The second kappa shape index (κ2) is 6.32. The number of ether oxygens (including phenoxy) is 1. The zero-order valence-corrected chi connectivity index (χ0v) is 12.5. The van der Waals surface area contributed by atoms with Crippen molar-refractivity contribution in [3.63, 3.8) is 0 Å². The Kier molecular flexibility index (Phi) is 4.06. The maximum absolute atomic E-state index is 12.5. The van der Waals surface area contributed by atoms with E-state index >= 15 is 0 Å². The molecule has 0 amide bonds. The molecule has 0 saturated carbocycles. The molecule has 1 aromatic heterocycles. The van der Waals surface area contributed by atoms with Crippen molar-refractivity contribution in [2.75, 3.05) is 7.11 Å². The molecule has 0 unspecified atom stereocenters. The predicted octanol–water partition coefficient (Wildman–Crippen LogP) is 3.76. The second-order valence-corrected chi connectivity index (χ2v) is 4.91. The third-order valence-corrected chi connectivity index (χ3v) is 3.49. The second-order valence-electron chi connectivity index (χ2n) is 4.91. The van der Waals surface area contributed by atoms with Crippen molar-refractivity contribution < 1.29 is 13.9 Å². The SMILES string of the molecule is COC(=O)c1cc(-c2ccccc2)c(-c2ccccc2)c(=O)o1. The Balaban J connectivity index is 2.31. The summed E-state index contributed by atoms with van der Waals surface area (Å²) in [5.41, 5.74) is 2.04. The molecule has 0 fully saturated rings. The molecule has 0 aliphatic carbocycles. The van der Waals surface area contributed by atoms with Crippen LogP contribution in [0.4, 0.5) is 0 Å². The third kappa shape index (κ3) is 2.92. The lowest BCUT2D eigenvalue weighted by atomic mass is 9.96. The highest BCUT2D eigenvalue weighted by atomic mass is 16.5. The van der Waals surface area contributed by atoms with Crippen LogP contribution in [0.3, 0.4) is 0 Å². The number of hydrogen-bond donors (Lipinski definition) is 0. The van der Waals surface area contributed by atoms with Gasteiger partial charge in [0, 0.05) is 5.56 Å². The molecule has 0 aliphatic heterocycles. The molecule has 4 heteroatoms. The van der Waals surface area contributed by atoms with Gasteiger partial charge in [0.15, 0.2) is 0 Å². The van der Waals surface area contributed by atoms with Crippen molar-refractivity contribution in [3.8, 4) is 22.3 Å². The average Bonchev–Trinajstić information content (AvgIpc) is 2.61. The number of hydrogen-bond acceptors (Lipinski definition) is 4. The average molecular weight is 306 g/mol. The van der Waals surface area contributed by atoms with Gasteiger partial charge in [-0.1, -0.05) is 60.7 Å². The number of rotatable bonds is 3. The summed E-state index contributed by atoms with van der Waals surface area (Å²) in [6.45, 7) is 0. The summed E-state index contributed by atoms with van der Waals surface area (Å²) < 4.78 is 9.80. The van der Waals surface area contributed by atoms with Gasteiger partial charge < -0.3 is 9.15 Å². The predicted molar refractivity (Wildman–Crippen MR) is 87.2 cm³/mol. The van der Waals surface area contributed by atoms with Crippen LogP contribution in [0.1, 0.15) is 10.6 Å². The van der Waals surface area contributed by atoms with Crippen LogP contribution in [0.5, 0.6) is 0 Å². The minimum atomic E-state index is -0.682. The maximum atomic E-state index is 12.5. The van der Waals surface area contributed by atoms with Gasteiger partial charge in [-0.3, -0.25) is 0 Å². The number of benzene rings is 2. The Morgan fingerprint density at radius 1 is 0.913 bits per heavy atom. The summed E-state index contributed by atoms with van der Waals surface area (Å²) in [4.78, 5) is 24.2. The Labute approximate surface area is 133 Å². The van der Waals surface area contributed by atoms with Crippen LogP contribution in [-0.4, -0.2) is 13.1 Å². The lowest BCUT2D eigenvalue weighted by Crippen LogP contribution is -2.11. The van der Waals surface area contributed by atoms with E-state index in [9.17, 15) is 9.59 Å². The molecule has 3 rings (SSSR count). The molecule has 3 aromatic rings. The highest BCUT2D eigenvalue weighted by Gasteiger charge is 2.19. The van der Waals surface area contributed by atoms with Gasteiger partial charge in [-0.25, -0.2) is 9.59 Å². The highest BCUT2D eigenvalue weighted by molar-refractivity contribution is 5.91. The van der Waals surface area contributed by atoms with Crippen LogP contribution in [0.2, 0.25) is 0 Å². The summed E-state index contributed by atoms with van der Waals surface area (Å²) in [5, 5.41) is 0. The van der Waals surface area contributed by atoms with Crippen molar-refractivity contribution in [3.05, 3.63) is 82.9 Å². The highest BCUT2D eigenvalue weighted by Crippen LogP contribution is 2.30. The Morgan fingerprint density at radius 2 is 1.48 bits per heavy atom. The van der Waals surface area contributed by atoms with Crippen molar-refractivity contribution in [1.29, 1.82) is 0 Å². The van der Waals surface area contributed by atoms with Crippen LogP contribution < -0.4 is 5.63 Å². The first-order valence-corrected chi connectivity index (χ1v) is 7.08. The van der Waals surface area contributed by atoms with Gasteiger partial charge in [-0.2, -0.15) is 0 Å². The van der Waals surface area contributed by atoms with Gasteiger partial charge in [-0.15, -0.1) is 0 Å². The lowest BCUT2D eigenvalue weighted by molar-refractivity contribution is 0.0560. The summed E-state index contributed by atoms with van der Waals surface area (Å²) in [6, 6.07) is 20.2. The Bertz CT molecular complexity index is 880. The van der Waals surface area contributed by atoms with Gasteiger partial charge in [0.1, 0.15) is 0 Å². The van der Waals surface area contributed by atoms with E-state index in [0.717, 1.165) is 11.1 Å². The fourth-order valence-electron chi connectivity index (χ4n) is 2.42. The van der Waals surface area contributed by atoms with E-state index < -0.39 is 11.6 Å². The molecule has 23 heavy (non-hydrogen) atoms. The van der Waals surface area contributed by atoms with E-state index in [-0.39, 0.29) is 5.76 Å². The van der Waals surface area contributed by atoms with E-state index in [0.29, 0.717) is 11.1 Å². The number of carbonyl (C=O) groups is 1. The molecule has 0 radical (unpaired) electrons. The van der Waals surface area contributed by atoms with Crippen LogP contribution in [-0.2, 0) is 4.74 Å². The summed E-state index contributed by atoms with van der Waals surface area (Å²) in [6.07, 6.45) is 0. The molecule has 0 spiro atoms. The molecule has 0 atom stereocenters. The molecule has 0 saturated heterocycles. The summed E-state index contributed by atoms with van der Waals surface area (Å²) in [7, 11) is 1.25. The van der Waals surface area contributed by atoms with E-state index in [2.05, 4.69) is 4.74 Å². The molecular formula is C19H14O4. The van der Waals surface area contributed by atoms with E-state index in [1.54, 1.807) is 6.07 Å². The van der Waals surface area contributed by atoms with Crippen molar-refractivity contribution in [2.24, 2.45) is 0 Å². The summed E-state index contributed by atoms with van der Waals surface area (Å²) in [5.74, 6) is -0.796. The third-order valence-electron chi connectivity index (χ3n) is 3.49. The summed E-state index contributed by atoms with van der Waals surface area (Å²) >= 11 is 0. The normalized spacial score (nSPS) is 10.3. The monoisotopic (exact) mass is 306 g/mol. The molecule has 114 valence electrons. The van der Waals surface area contributed by atoms with E-state index in [1.165, 1.54) is 7.11 Å². The molecule has 4 nitrogen and oxygen atoms in total. The van der Waals surface area contributed by atoms with Crippen molar-refractivity contribution in [2.45, 2.75) is 0 Å². The number of carbonyl (C=O) groups excluding carboxylic acids is 1. The molecule has 2 aromatic carbocycles. The molecule has 1 heterocycles. The van der Waals surface area contributed by atoms with E-state index in [4.69, 9.17) is 4.42 Å². The number of esters is 1. The zero-order valence-electron chi connectivity index (χ0n) is 12.5. The van der Waals surface area contributed by atoms with Crippen LogP contribution in [0, 0.1) is 0 Å². The van der Waals surface area contributed by atoms with Gasteiger partial charge in [0.2, 0.25) is 5.76 Å². The first-order chi connectivity index (χ1) is 11.2. The van der Waals surface area contributed by atoms with Gasteiger partial charge in [-0.05, 0) is 17.2 Å². The molecule has 0 bridgehead atoms. The minimum Gasteiger partial charge on any atom is -0.463 e. The maximum Gasteiger partial charge on any atom is 0.374 e. The van der Waals surface area contributed by atoms with Crippen LogP contribution >= 0.6 is 0 Å². The largest absolute Gasteiger partial charge is 0.463 e. The first-order valence-electron chi connectivity index (χ1n) is 7.08. The van der Waals surface area contributed by atoms with Crippen LogP contribution in [0.15, 0.2) is 75.9 Å². The first kappa shape index (κ1) is 14.8. The standard InChI is InChI=1S/C19H14O4/c1-22-18(20)16-12-15(13-8-4-2-5-9-13)17(19(21)23-16)14-10-6-3-7-11-14/h2-12H,1H3. The number of methoxy groups -OCH3 is 1. The van der Waals surface area contributed by atoms with Crippen LogP contribution in [0.25, 0.3) is 22.3 Å². The van der Waals surface area contributed by atoms with Crippen molar-refractivity contribution in [1.82, 2.24) is 0 Å². The lowest BCUT2D eigenvalue weighted by Gasteiger charge is -2.10. The molecular weight excluding hydrogens is 292 g/mol. The topological polar surface area (TPSA) is 56.5 Å². The molecule has 0 N–H and O–H groups in total. The van der Waals surface area contributed by atoms with E-state index in [1.807, 2.05) is 60.7 Å². The van der Waals surface area contributed by atoms with Gasteiger partial charge in [0.25, 0.3) is 0 Å². The van der Waals surface area contributed by atoms with Crippen molar-refractivity contribution >= 4 is 5.97 Å². The quantitative estimate of drug-likeness (QED) is 0.691. The Morgan fingerprint density at radius 3 is 2.04 bits per heavy atom. The Hall–Kier alpha value is -3.14. The smallest absolute Gasteiger partial charge is 0.374 e. The minimum absolute atomic E-state index is 0.115. The fraction of sp³-hybridized carbons (Fsp3) is 0.0526.